The predicted molar refractivity (Wildman–Crippen MR) is 210 cm³/mol. The first-order valence-electron chi connectivity index (χ1n) is 20.2. The van der Waals surface area contributed by atoms with E-state index in [0.29, 0.717) is 67.4 Å². The van der Waals surface area contributed by atoms with E-state index in [-0.39, 0.29) is 29.8 Å². The van der Waals surface area contributed by atoms with Gasteiger partial charge in [0.15, 0.2) is 11.6 Å². The van der Waals surface area contributed by atoms with Crippen LogP contribution in [0.25, 0.3) is 0 Å². The number of amides is 4. The molecule has 3 aromatic rings. The number of piperazine rings is 1. The normalized spacial score (nSPS) is 22.8. The van der Waals surface area contributed by atoms with Gasteiger partial charge in [-0.25, -0.2) is 8.78 Å². The molecule has 0 radical (unpaired) electrons. The molecule has 4 saturated heterocycles. The molecular weight excluding hydrogens is 735 g/mol. The summed E-state index contributed by atoms with van der Waals surface area (Å²) in [5.74, 6) is -2.07. The predicted octanol–water partition coefficient (Wildman–Crippen LogP) is 5.37. The van der Waals surface area contributed by atoms with Crippen LogP contribution in [0.5, 0.6) is 11.5 Å². The quantitative estimate of drug-likeness (QED) is 0.206. The molecule has 2 N–H and O–H groups in total. The molecule has 4 amide bonds. The molecule has 57 heavy (non-hydrogen) atoms. The van der Waals surface area contributed by atoms with E-state index in [4.69, 9.17) is 4.74 Å². The molecule has 302 valence electrons. The highest BCUT2D eigenvalue weighted by molar-refractivity contribution is 6.07. The lowest BCUT2D eigenvalue weighted by Crippen LogP contribution is -2.63. The Bertz CT molecular complexity index is 2090. The van der Waals surface area contributed by atoms with E-state index < -0.39 is 40.8 Å². The number of para-hydroxylation sites is 1. The van der Waals surface area contributed by atoms with Gasteiger partial charge in [-0.15, -0.1) is 0 Å². The zero-order valence-corrected chi connectivity index (χ0v) is 32.7. The van der Waals surface area contributed by atoms with Gasteiger partial charge in [0.2, 0.25) is 17.7 Å². The molecule has 0 saturated carbocycles. The number of halogens is 2. The number of rotatable bonds is 10. The van der Waals surface area contributed by atoms with Crippen molar-refractivity contribution in [2.75, 3.05) is 67.6 Å². The third kappa shape index (κ3) is 6.65. The van der Waals surface area contributed by atoms with E-state index in [0.717, 1.165) is 62.9 Å². The van der Waals surface area contributed by atoms with Crippen LogP contribution in [0.15, 0.2) is 48.5 Å². The first-order valence-corrected chi connectivity index (χ1v) is 20.2. The molecule has 3 aromatic carbocycles. The Morgan fingerprint density at radius 2 is 1.60 bits per heavy atom. The Kier molecular flexibility index (Phi) is 10.3. The summed E-state index contributed by atoms with van der Waals surface area (Å²) >= 11 is 0. The summed E-state index contributed by atoms with van der Waals surface area (Å²) in [5, 5.41) is 12.9. The number of nitrogens with zero attached hydrogens (tertiary/aromatic N) is 5. The van der Waals surface area contributed by atoms with Crippen LogP contribution in [0, 0.1) is 23.0 Å². The van der Waals surface area contributed by atoms with Gasteiger partial charge in [-0.1, -0.05) is 19.9 Å². The van der Waals surface area contributed by atoms with Crippen LogP contribution >= 0.6 is 0 Å². The molecule has 14 heteroatoms. The number of phenols is 1. The number of carbonyl (C=O) groups is 4. The summed E-state index contributed by atoms with van der Waals surface area (Å²) in [6, 6.07) is 11.9. The standard InChI is InChI=1S/C43H50F2N6O6/c1-4-43(5-2)39(51(42(43)56)33-8-6-7-31(44)38(33)53)30-22-32(45)35(23-36(30)57-3)49-15-13-26(14-16-49)24-47-17-19-48(20-18-47)28-9-10-29-27(21-28)25-50(41(29)55)34-11-12-37(52)46-40(34)54/h6-10,21-23,26,34,39,53H,4-5,11-20,24-25H2,1-3H3,(H,46,52,54)/t34-,39-/m0/s1. The van der Waals surface area contributed by atoms with Crippen molar-refractivity contribution in [3.63, 3.8) is 0 Å². The number of phenolic OH excluding ortho intramolecular Hbond substituents is 1. The minimum atomic E-state index is -0.854. The fourth-order valence-corrected chi connectivity index (χ4v) is 9.84. The summed E-state index contributed by atoms with van der Waals surface area (Å²) in [5.41, 5.74) is 2.71. The minimum Gasteiger partial charge on any atom is -0.503 e. The van der Waals surface area contributed by atoms with E-state index in [1.54, 1.807) is 11.0 Å². The van der Waals surface area contributed by atoms with E-state index in [1.165, 1.54) is 30.2 Å². The van der Waals surface area contributed by atoms with E-state index in [2.05, 4.69) is 26.1 Å². The highest BCUT2D eigenvalue weighted by atomic mass is 19.1. The number of imide groups is 1. The van der Waals surface area contributed by atoms with E-state index in [1.807, 2.05) is 26.0 Å². The number of fused-ring (bicyclic) bond motifs is 1. The Labute approximate surface area is 331 Å². The fourth-order valence-electron chi connectivity index (χ4n) is 9.84. The van der Waals surface area contributed by atoms with Crippen LogP contribution in [-0.2, 0) is 20.9 Å². The van der Waals surface area contributed by atoms with Crippen LogP contribution in [0.4, 0.5) is 25.8 Å². The largest absolute Gasteiger partial charge is 0.503 e. The molecular formula is C43H50F2N6O6. The molecule has 12 nitrogen and oxygen atoms in total. The van der Waals surface area contributed by atoms with Crippen LogP contribution in [0.1, 0.15) is 79.9 Å². The second-order valence-corrected chi connectivity index (χ2v) is 16.1. The zero-order valence-electron chi connectivity index (χ0n) is 32.7. The van der Waals surface area contributed by atoms with Crippen LogP contribution in [-0.4, -0.2) is 97.5 Å². The first kappa shape index (κ1) is 38.6. The highest BCUT2D eigenvalue weighted by Crippen LogP contribution is 2.59. The molecule has 2 atom stereocenters. The number of carbonyl (C=O) groups excluding carboxylic acids is 4. The van der Waals surface area contributed by atoms with Gasteiger partial charge in [0.05, 0.1) is 29.9 Å². The maximum Gasteiger partial charge on any atom is 0.255 e. The van der Waals surface area contributed by atoms with Crippen molar-refractivity contribution in [1.82, 2.24) is 15.1 Å². The smallest absolute Gasteiger partial charge is 0.255 e. The number of methoxy groups -OCH3 is 1. The van der Waals surface area contributed by atoms with Crippen LogP contribution in [0.3, 0.4) is 0 Å². The van der Waals surface area contributed by atoms with Crippen molar-refractivity contribution in [3.8, 4) is 11.5 Å². The summed E-state index contributed by atoms with van der Waals surface area (Å²) < 4.78 is 36.5. The summed E-state index contributed by atoms with van der Waals surface area (Å²) in [4.78, 5) is 60.8. The molecule has 0 aliphatic carbocycles. The molecule has 4 fully saturated rings. The number of hydrogen-bond donors (Lipinski definition) is 2. The zero-order chi connectivity index (χ0) is 40.2. The number of hydrogen-bond acceptors (Lipinski definition) is 9. The Balaban J connectivity index is 0.880. The monoisotopic (exact) mass is 784 g/mol. The van der Waals surface area contributed by atoms with Gasteiger partial charge < -0.3 is 24.5 Å². The summed E-state index contributed by atoms with van der Waals surface area (Å²) in [6.45, 7) is 10.0. The fraction of sp³-hybridized carbons (Fsp3) is 0.488. The van der Waals surface area contributed by atoms with Crippen molar-refractivity contribution in [3.05, 3.63) is 76.9 Å². The van der Waals surface area contributed by atoms with Crippen molar-refractivity contribution in [2.24, 2.45) is 11.3 Å². The number of β-lactam (4-membered cyclic amide) rings is 1. The molecule has 5 heterocycles. The second kappa shape index (κ2) is 15.3. The number of ether oxygens (including phenoxy) is 1. The maximum atomic E-state index is 16.2. The number of benzene rings is 3. The number of nitrogens with one attached hydrogen (secondary N) is 1. The first-order chi connectivity index (χ1) is 27.5. The van der Waals surface area contributed by atoms with Gasteiger partial charge in [-0.3, -0.25) is 34.3 Å². The number of aromatic hydroxyl groups is 1. The van der Waals surface area contributed by atoms with Gasteiger partial charge in [0, 0.05) is 81.7 Å². The average Bonchev–Trinajstić information content (AvgIpc) is 3.54. The van der Waals surface area contributed by atoms with Gasteiger partial charge in [0.25, 0.3) is 5.91 Å². The molecule has 0 bridgehead atoms. The molecule has 0 spiro atoms. The topological polar surface area (TPSA) is 126 Å². The lowest BCUT2D eigenvalue weighted by Gasteiger charge is -2.56. The van der Waals surface area contributed by atoms with E-state index >= 15 is 4.39 Å². The molecule has 5 aliphatic heterocycles. The third-order valence-corrected chi connectivity index (χ3v) is 13.2. The second-order valence-electron chi connectivity index (χ2n) is 16.1. The van der Waals surface area contributed by atoms with Crippen molar-refractivity contribution in [1.29, 1.82) is 0 Å². The van der Waals surface area contributed by atoms with Gasteiger partial charge >= 0.3 is 0 Å². The lowest BCUT2D eigenvalue weighted by atomic mass is 9.64. The van der Waals surface area contributed by atoms with E-state index in [9.17, 15) is 28.7 Å². The molecule has 5 aliphatic rings. The minimum absolute atomic E-state index is 0.0542. The lowest BCUT2D eigenvalue weighted by molar-refractivity contribution is -0.141. The molecule has 8 rings (SSSR count). The van der Waals surface area contributed by atoms with Gasteiger partial charge in [-0.05, 0) is 80.0 Å². The Morgan fingerprint density at radius 3 is 2.28 bits per heavy atom. The van der Waals surface area contributed by atoms with Crippen molar-refractivity contribution < 1.29 is 37.8 Å². The summed E-state index contributed by atoms with van der Waals surface area (Å²) in [6.07, 6.45) is 3.35. The highest BCUT2D eigenvalue weighted by Gasteiger charge is 2.61. The molecule has 0 unspecified atom stereocenters. The molecule has 0 aromatic heterocycles. The van der Waals surface area contributed by atoms with Crippen LogP contribution in [0.2, 0.25) is 0 Å². The Morgan fingerprint density at radius 1 is 0.860 bits per heavy atom. The average molecular weight is 785 g/mol. The number of anilines is 3. The van der Waals surface area contributed by atoms with Gasteiger partial charge in [-0.2, -0.15) is 0 Å². The van der Waals surface area contributed by atoms with Crippen molar-refractivity contribution >= 4 is 40.7 Å². The maximum absolute atomic E-state index is 16.2. The van der Waals surface area contributed by atoms with Crippen molar-refractivity contribution in [2.45, 2.75) is 71.0 Å². The van der Waals surface area contributed by atoms with Crippen LogP contribution < -0.4 is 24.8 Å². The SMILES string of the molecule is CCC1(CC)C(=O)N(c2cccc(F)c2O)[C@H]1c1cc(F)c(N2CCC(CN3CCN(c4ccc5c(c4)CN([C@H]4CCC(=O)NC4=O)C5=O)CC3)CC2)cc1OC. The number of piperidine rings is 2. The summed E-state index contributed by atoms with van der Waals surface area (Å²) in [7, 11) is 1.53. The third-order valence-electron chi connectivity index (χ3n) is 13.2. The Hall–Kier alpha value is -5.24. The van der Waals surface area contributed by atoms with Gasteiger partial charge in [0.1, 0.15) is 17.6 Å².